The Morgan fingerprint density at radius 2 is 1.73 bits per heavy atom. The van der Waals surface area contributed by atoms with Gasteiger partial charge in [-0.1, -0.05) is 0 Å². The molecular formula is C28H33N7O5. The minimum Gasteiger partial charge on any atom is -0.481 e. The van der Waals surface area contributed by atoms with Crippen LogP contribution in [-0.4, -0.2) is 94.1 Å². The molecule has 12 nitrogen and oxygen atoms in total. The third kappa shape index (κ3) is 4.88. The van der Waals surface area contributed by atoms with Gasteiger partial charge in [0.25, 0.3) is 11.5 Å². The molecular weight excluding hydrogens is 514 g/mol. The maximum atomic E-state index is 13.8. The number of hydrogen-bond donors (Lipinski definition) is 1. The molecule has 1 N–H and O–H groups in total. The van der Waals surface area contributed by atoms with E-state index >= 15 is 0 Å². The van der Waals surface area contributed by atoms with Crippen LogP contribution in [0.25, 0.3) is 21.8 Å². The van der Waals surface area contributed by atoms with E-state index < -0.39 is 0 Å². The highest BCUT2D eigenvalue weighted by molar-refractivity contribution is 6.07. The summed E-state index contributed by atoms with van der Waals surface area (Å²) in [6.45, 7) is 6.32. The Hall–Kier alpha value is -4.03. The van der Waals surface area contributed by atoms with Crippen LogP contribution in [0.1, 0.15) is 40.6 Å². The van der Waals surface area contributed by atoms with Gasteiger partial charge < -0.3 is 24.1 Å². The number of amides is 1. The first-order valence-electron chi connectivity index (χ1n) is 13.5. The Morgan fingerprint density at radius 1 is 1.02 bits per heavy atom. The molecule has 0 aliphatic carbocycles. The van der Waals surface area contributed by atoms with Crippen LogP contribution in [0.2, 0.25) is 0 Å². The van der Waals surface area contributed by atoms with Crippen molar-refractivity contribution < 1.29 is 19.0 Å². The summed E-state index contributed by atoms with van der Waals surface area (Å²) in [5.74, 6) is 1.50. The van der Waals surface area contributed by atoms with Crippen LogP contribution in [0, 0.1) is 6.92 Å². The summed E-state index contributed by atoms with van der Waals surface area (Å²) in [7, 11) is 3.12. The summed E-state index contributed by atoms with van der Waals surface area (Å²) in [5, 5.41) is 5.96. The highest BCUT2D eigenvalue weighted by atomic mass is 16.5. The summed E-state index contributed by atoms with van der Waals surface area (Å²) < 4.78 is 18.0. The quantitative estimate of drug-likeness (QED) is 0.387. The van der Waals surface area contributed by atoms with Gasteiger partial charge in [-0.05, 0) is 37.5 Å². The first-order valence-corrected chi connectivity index (χ1v) is 13.5. The summed E-state index contributed by atoms with van der Waals surface area (Å²) in [5.41, 5.74) is 2.77. The van der Waals surface area contributed by atoms with Crippen LogP contribution in [0.5, 0.6) is 11.8 Å². The van der Waals surface area contributed by atoms with Crippen LogP contribution < -0.4 is 15.0 Å². The molecule has 0 atom stereocenters. The summed E-state index contributed by atoms with van der Waals surface area (Å²) >= 11 is 0. The predicted octanol–water partition coefficient (Wildman–Crippen LogP) is 2.30. The summed E-state index contributed by atoms with van der Waals surface area (Å²) in [4.78, 5) is 42.6. The highest BCUT2D eigenvalue weighted by Gasteiger charge is 2.26. The van der Waals surface area contributed by atoms with Crippen molar-refractivity contribution in [2.75, 3.05) is 53.6 Å². The lowest BCUT2D eigenvalue weighted by molar-refractivity contribution is 0.0624. The monoisotopic (exact) mass is 547 g/mol. The van der Waals surface area contributed by atoms with Crippen molar-refractivity contribution >= 4 is 27.7 Å². The first-order chi connectivity index (χ1) is 19.4. The molecule has 1 aromatic carbocycles. The van der Waals surface area contributed by atoms with Crippen molar-refractivity contribution in [2.45, 2.75) is 32.4 Å². The fraction of sp³-hybridized carbons (Fsp3) is 0.464. The largest absolute Gasteiger partial charge is 0.481 e. The number of aromatic amines is 1. The Labute approximate surface area is 230 Å². The predicted molar refractivity (Wildman–Crippen MR) is 148 cm³/mol. The van der Waals surface area contributed by atoms with Gasteiger partial charge in [-0.3, -0.25) is 19.2 Å². The van der Waals surface area contributed by atoms with Crippen molar-refractivity contribution in [3.8, 4) is 11.8 Å². The first kappa shape index (κ1) is 26.2. The number of aryl methyl sites for hydroxylation is 1. The number of ether oxygens (including phenoxy) is 3. The maximum absolute atomic E-state index is 13.8. The van der Waals surface area contributed by atoms with Crippen LogP contribution in [0.3, 0.4) is 0 Å². The number of nitrogens with zero attached hydrogens (tertiary/aromatic N) is 6. The molecule has 6 rings (SSSR count). The molecule has 2 aliphatic rings. The number of nitrogens with one attached hydrogen (secondary N) is 1. The average Bonchev–Trinajstić information content (AvgIpc) is 3.43. The normalized spacial score (nSPS) is 17.0. The number of carbonyl (C=O) groups is 1. The van der Waals surface area contributed by atoms with Gasteiger partial charge in [0, 0.05) is 50.3 Å². The Bertz CT molecular complexity index is 1590. The molecule has 1 amide bonds. The average molecular weight is 548 g/mol. The molecule has 2 saturated heterocycles. The molecule has 0 radical (unpaired) electrons. The second kappa shape index (κ2) is 10.9. The fourth-order valence-corrected chi connectivity index (χ4v) is 5.64. The van der Waals surface area contributed by atoms with Crippen LogP contribution in [0.4, 0.5) is 0 Å². The van der Waals surface area contributed by atoms with Crippen LogP contribution in [0.15, 0.2) is 29.2 Å². The van der Waals surface area contributed by atoms with Gasteiger partial charge in [0.15, 0.2) is 0 Å². The van der Waals surface area contributed by atoms with Gasteiger partial charge in [-0.2, -0.15) is 15.1 Å². The van der Waals surface area contributed by atoms with E-state index in [-0.39, 0.29) is 17.5 Å². The standard InChI is InChI=1S/C28H33N7O5/c1-17-12-22-20(26-21(27(36)30-22)15-29-35(26)18-4-10-40-11-5-18)13-19(17)28(37)34-8-6-33(7-9-34)16-23-31-24(38-2)14-25(32-23)39-3/h12-15,18H,4-11,16H2,1-3H3,(H,30,36). The van der Waals surface area contributed by atoms with E-state index in [1.165, 1.54) is 0 Å². The number of fused-ring (bicyclic) bond motifs is 3. The third-order valence-electron chi connectivity index (χ3n) is 7.84. The number of H-pyrrole nitrogens is 1. The van der Waals surface area contributed by atoms with Crippen molar-refractivity contribution in [2.24, 2.45) is 0 Å². The molecule has 0 unspecified atom stereocenters. The van der Waals surface area contributed by atoms with Gasteiger partial charge in [0.2, 0.25) is 11.8 Å². The molecule has 2 aliphatic heterocycles. The Morgan fingerprint density at radius 3 is 2.40 bits per heavy atom. The van der Waals surface area contributed by atoms with Gasteiger partial charge >= 0.3 is 0 Å². The topological polar surface area (TPSA) is 128 Å². The Kier molecular flexibility index (Phi) is 7.11. The summed E-state index contributed by atoms with van der Waals surface area (Å²) in [6, 6.07) is 5.62. The number of piperazine rings is 1. The maximum Gasteiger partial charge on any atom is 0.259 e. The van der Waals surface area contributed by atoms with E-state index in [1.54, 1.807) is 26.5 Å². The smallest absolute Gasteiger partial charge is 0.259 e. The number of hydrogen-bond acceptors (Lipinski definition) is 9. The van der Waals surface area contributed by atoms with E-state index in [0.717, 1.165) is 29.3 Å². The zero-order valence-corrected chi connectivity index (χ0v) is 23.0. The molecule has 40 heavy (non-hydrogen) atoms. The molecule has 4 aromatic rings. The number of rotatable bonds is 6. The van der Waals surface area contributed by atoms with Crippen molar-refractivity contribution in [1.29, 1.82) is 0 Å². The van der Waals surface area contributed by atoms with E-state index in [2.05, 4.69) is 25.0 Å². The molecule has 0 bridgehead atoms. The number of benzene rings is 1. The van der Waals surface area contributed by atoms with E-state index in [9.17, 15) is 9.59 Å². The van der Waals surface area contributed by atoms with Gasteiger partial charge in [-0.15, -0.1) is 0 Å². The van der Waals surface area contributed by atoms with Crippen LogP contribution >= 0.6 is 0 Å². The lowest BCUT2D eigenvalue weighted by atomic mass is 10.0. The molecule has 0 saturated carbocycles. The molecule has 12 heteroatoms. The van der Waals surface area contributed by atoms with Crippen molar-refractivity contribution in [1.82, 2.24) is 34.5 Å². The van der Waals surface area contributed by atoms with Gasteiger partial charge in [0.1, 0.15) is 5.82 Å². The minimum absolute atomic E-state index is 0.0187. The molecule has 0 spiro atoms. The molecule has 3 aromatic heterocycles. The molecule has 2 fully saturated rings. The lowest BCUT2D eigenvalue weighted by Crippen LogP contribution is -2.48. The van der Waals surface area contributed by atoms with Crippen LogP contribution in [-0.2, 0) is 11.3 Å². The Balaban J connectivity index is 1.24. The van der Waals surface area contributed by atoms with Crippen molar-refractivity contribution in [3.05, 3.63) is 51.7 Å². The third-order valence-corrected chi connectivity index (χ3v) is 7.84. The zero-order chi connectivity index (χ0) is 27.8. The number of aromatic nitrogens is 5. The molecule has 5 heterocycles. The zero-order valence-electron chi connectivity index (χ0n) is 23.0. The second-order valence-electron chi connectivity index (χ2n) is 10.3. The minimum atomic E-state index is -0.173. The number of methoxy groups -OCH3 is 2. The van der Waals surface area contributed by atoms with Crippen molar-refractivity contribution in [3.63, 3.8) is 0 Å². The SMILES string of the molecule is COc1cc(OC)nc(CN2CCN(C(=O)c3cc4c(cc3C)[nH]c(=O)c3cnn(C5CCOCC5)c34)CC2)n1. The van der Waals surface area contributed by atoms with Gasteiger partial charge in [-0.25, -0.2) is 0 Å². The fourth-order valence-electron chi connectivity index (χ4n) is 5.64. The second-order valence-corrected chi connectivity index (χ2v) is 10.3. The molecule has 210 valence electrons. The van der Waals surface area contributed by atoms with E-state index in [4.69, 9.17) is 14.2 Å². The van der Waals surface area contributed by atoms with E-state index in [1.807, 2.05) is 28.6 Å². The number of carbonyl (C=O) groups excluding carboxylic acids is 1. The van der Waals surface area contributed by atoms with E-state index in [0.29, 0.717) is 80.0 Å². The summed E-state index contributed by atoms with van der Waals surface area (Å²) in [6.07, 6.45) is 3.30. The highest BCUT2D eigenvalue weighted by Crippen LogP contribution is 2.30. The van der Waals surface area contributed by atoms with Gasteiger partial charge in [0.05, 0.1) is 55.5 Å². The number of pyridine rings is 1. The lowest BCUT2D eigenvalue weighted by Gasteiger charge is -2.34.